The number of hydrogen-bond acceptors (Lipinski definition) is 4. The van der Waals surface area contributed by atoms with Gasteiger partial charge in [0, 0.05) is 24.2 Å². The second-order valence-electron chi connectivity index (χ2n) is 6.17. The van der Waals surface area contributed by atoms with Crippen LogP contribution in [-0.4, -0.2) is 38.1 Å². The lowest BCUT2D eigenvalue weighted by Gasteiger charge is -2.18. The number of aldehydes is 1. The molecule has 0 radical (unpaired) electrons. The zero-order valence-corrected chi connectivity index (χ0v) is 14.2. The van der Waals surface area contributed by atoms with Gasteiger partial charge in [-0.25, -0.2) is 0 Å². The highest BCUT2D eigenvalue weighted by Crippen LogP contribution is 2.30. The predicted molar refractivity (Wildman–Crippen MR) is 102 cm³/mol. The Morgan fingerprint density at radius 1 is 1.24 bits per heavy atom. The molecule has 25 heavy (non-hydrogen) atoms. The molecule has 0 aliphatic carbocycles. The van der Waals surface area contributed by atoms with Crippen LogP contribution in [0.15, 0.2) is 35.3 Å². The Hall–Kier alpha value is -2.53. The largest absolute Gasteiger partial charge is 0.381 e. The summed E-state index contributed by atoms with van der Waals surface area (Å²) in [5.41, 5.74) is 2.50. The van der Waals surface area contributed by atoms with Crippen LogP contribution in [0.5, 0.6) is 0 Å². The first-order chi connectivity index (χ1) is 12.3. The highest BCUT2D eigenvalue weighted by molar-refractivity contribution is 6.06. The quantitative estimate of drug-likeness (QED) is 0.458. The van der Waals surface area contributed by atoms with Gasteiger partial charge in [0.1, 0.15) is 0 Å². The number of benzene rings is 2. The minimum atomic E-state index is 0.277. The number of anilines is 1. The van der Waals surface area contributed by atoms with E-state index in [1.807, 2.05) is 24.3 Å². The molecule has 1 saturated heterocycles. The highest BCUT2D eigenvalue weighted by atomic mass is 16.5. The zero-order chi connectivity index (χ0) is 17.5. The number of nitrogens with zero attached hydrogens (tertiary/aromatic N) is 1. The molecule has 5 nitrogen and oxygen atoms in total. The summed E-state index contributed by atoms with van der Waals surface area (Å²) in [6, 6.07) is 10.2. The molecule has 2 aromatic rings. The Balaban J connectivity index is 1.91. The van der Waals surface area contributed by atoms with Gasteiger partial charge < -0.3 is 15.5 Å². The lowest BCUT2D eigenvalue weighted by molar-refractivity contribution is 0.0872. The van der Waals surface area contributed by atoms with E-state index in [0.717, 1.165) is 60.8 Å². The van der Waals surface area contributed by atoms with Crippen molar-refractivity contribution in [1.82, 2.24) is 0 Å². The van der Waals surface area contributed by atoms with Crippen molar-refractivity contribution >= 4 is 35.3 Å². The highest BCUT2D eigenvalue weighted by Gasteiger charge is 2.13. The molecule has 2 aromatic carbocycles. The molecule has 3 rings (SSSR count). The predicted octanol–water partition coefficient (Wildman–Crippen LogP) is 3.85. The van der Waals surface area contributed by atoms with Crippen LogP contribution in [0.2, 0.25) is 0 Å². The standard InChI is InChI=1S/C20H23N3O2/c21-9-3-4-15-12-16(13-24)20(19-6-2-1-5-18(15)19)23-14-22-17-7-10-25-11-8-17/h1-2,5-6,9,12-14,17,21H,3-4,7-8,10-11H2,(H,22,23). The number of carbonyl (C=O) groups excluding carboxylic acids is 1. The van der Waals surface area contributed by atoms with Gasteiger partial charge in [-0.2, -0.15) is 0 Å². The Labute approximate surface area is 147 Å². The van der Waals surface area contributed by atoms with E-state index in [-0.39, 0.29) is 6.04 Å². The van der Waals surface area contributed by atoms with Crippen LogP contribution >= 0.6 is 0 Å². The molecule has 0 spiro atoms. The average Bonchev–Trinajstić information content (AvgIpc) is 2.67. The second-order valence-corrected chi connectivity index (χ2v) is 6.17. The van der Waals surface area contributed by atoms with Crippen molar-refractivity contribution in [2.24, 2.45) is 4.99 Å². The maximum atomic E-state index is 11.6. The smallest absolute Gasteiger partial charge is 0.152 e. The molecule has 1 fully saturated rings. The van der Waals surface area contributed by atoms with Crippen LogP contribution < -0.4 is 5.32 Å². The molecule has 130 valence electrons. The summed E-state index contributed by atoms with van der Waals surface area (Å²) in [7, 11) is 0. The molecular formula is C20H23N3O2. The molecule has 0 saturated carbocycles. The van der Waals surface area contributed by atoms with Crippen LogP contribution in [0.1, 0.15) is 35.2 Å². The Morgan fingerprint density at radius 3 is 2.72 bits per heavy atom. The summed E-state index contributed by atoms with van der Waals surface area (Å²) >= 11 is 0. The SMILES string of the molecule is N=CCCc1cc(C=O)c(NC=NC2CCOCC2)c2ccccc12. The molecule has 0 amide bonds. The Bertz CT molecular complexity index is 780. The van der Waals surface area contributed by atoms with E-state index in [4.69, 9.17) is 10.1 Å². The number of nitrogens with one attached hydrogen (secondary N) is 2. The molecule has 1 aliphatic heterocycles. The van der Waals surface area contributed by atoms with Gasteiger partial charge in [-0.1, -0.05) is 24.3 Å². The first-order valence-electron chi connectivity index (χ1n) is 8.68. The van der Waals surface area contributed by atoms with E-state index in [0.29, 0.717) is 12.0 Å². The van der Waals surface area contributed by atoms with Gasteiger partial charge in [-0.3, -0.25) is 9.79 Å². The maximum Gasteiger partial charge on any atom is 0.152 e. The maximum absolute atomic E-state index is 11.6. The summed E-state index contributed by atoms with van der Waals surface area (Å²) in [5.74, 6) is 0. The van der Waals surface area contributed by atoms with Gasteiger partial charge in [0.15, 0.2) is 6.29 Å². The van der Waals surface area contributed by atoms with Gasteiger partial charge in [0.2, 0.25) is 0 Å². The number of aliphatic imine (C=N–C) groups is 1. The number of carbonyl (C=O) groups is 1. The first kappa shape index (κ1) is 17.3. The van der Waals surface area contributed by atoms with Gasteiger partial charge in [0.25, 0.3) is 0 Å². The van der Waals surface area contributed by atoms with E-state index in [1.54, 1.807) is 6.34 Å². The minimum Gasteiger partial charge on any atom is -0.381 e. The van der Waals surface area contributed by atoms with Crippen molar-refractivity contribution in [3.8, 4) is 0 Å². The van der Waals surface area contributed by atoms with Crippen molar-refractivity contribution in [2.45, 2.75) is 31.7 Å². The molecule has 5 heteroatoms. The fraction of sp³-hybridized carbons (Fsp3) is 0.350. The monoisotopic (exact) mass is 337 g/mol. The summed E-state index contributed by atoms with van der Waals surface area (Å²) in [5, 5.41) is 12.6. The zero-order valence-electron chi connectivity index (χ0n) is 14.2. The molecule has 0 aromatic heterocycles. The molecular weight excluding hydrogens is 314 g/mol. The lowest BCUT2D eigenvalue weighted by atomic mass is 9.96. The number of fused-ring (bicyclic) bond motifs is 1. The van der Waals surface area contributed by atoms with Crippen LogP contribution in [0.3, 0.4) is 0 Å². The fourth-order valence-corrected chi connectivity index (χ4v) is 3.20. The summed E-state index contributed by atoms with van der Waals surface area (Å²) in [6.07, 6.45) is 7.28. The first-order valence-corrected chi connectivity index (χ1v) is 8.68. The van der Waals surface area contributed by atoms with E-state index >= 15 is 0 Å². The van der Waals surface area contributed by atoms with Gasteiger partial charge >= 0.3 is 0 Å². The van der Waals surface area contributed by atoms with E-state index in [9.17, 15) is 4.79 Å². The number of rotatable bonds is 7. The topological polar surface area (TPSA) is 74.5 Å². The molecule has 1 heterocycles. The minimum absolute atomic E-state index is 0.277. The van der Waals surface area contributed by atoms with Crippen LogP contribution in [0, 0.1) is 5.41 Å². The molecule has 2 N–H and O–H groups in total. The molecule has 0 atom stereocenters. The average molecular weight is 337 g/mol. The third-order valence-electron chi connectivity index (χ3n) is 4.53. The van der Waals surface area contributed by atoms with E-state index < -0.39 is 0 Å². The van der Waals surface area contributed by atoms with Crippen molar-refractivity contribution < 1.29 is 9.53 Å². The third-order valence-corrected chi connectivity index (χ3v) is 4.53. The molecule has 0 unspecified atom stereocenters. The number of ether oxygens (including phenoxy) is 1. The fourth-order valence-electron chi connectivity index (χ4n) is 3.20. The lowest BCUT2D eigenvalue weighted by Crippen LogP contribution is -2.19. The molecule has 1 aliphatic rings. The Morgan fingerprint density at radius 2 is 2.00 bits per heavy atom. The summed E-state index contributed by atoms with van der Waals surface area (Å²) < 4.78 is 5.35. The third kappa shape index (κ3) is 4.12. The van der Waals surface area contributed by atoms with E-state index in [1.165, 1.54) is 6.21 Å². The number of aryl methyl sites for hydroxylation is 1. The van der Waals surface area contributed by atoms with Crippen LogP contribution in [0.4, 0.5) is 5.69 Å². The second kappa shape index (κ2) is 8.53. The van der Waals surface area contributed by atoms with Gasteiger partial charge in [-0.05, 0) is 48.9 Å². The van der Waals surface area contributed by atoms with E-state index in [2.05, 4.69) is 16.4 Å². The Kier molecular flexibility index (Phi) is 5.90. The molecule has 0 bridgehead atoms. The van der Waals surface area contributed by atoms with Crippen LogP contribution in [0.25, 0.3) is 10.8 Å². The van der Waals surface area contributed by atoms with Gasteiger partial charge in [0.05, 0.1) is 18.1 Å². The van der Waals surface area contributed by atoms with Crippen molar-refractivity contribution in [3.63, 3.8) is 0 Å². The van der Waals surface area contributed by atoms with Gasteiger partial charge in [-0.15, -0.1) is 0 Å². The van der Waals surface area contributed by atoms with Crippen molar-refractivity contribution in [3.05, 3.63) is 41.5 Å². The summed E-state index contributed by atoms with van der Waals surface area (Å²) in [6.45, 7) is 1.51. The number of hydrogen-bond donors (Lipinski definition) is 2. The van der Waals surface area contributed by atoms with Crippen molar-refractivity contribution in [1.29, 1.82) is 5.41 Å². The normalized spacial score (nSPS) is 15.5. The van der Waals surface area contributed by atoms with Crippen LogP contribution in [-0.2, 0) is 11.2 Å². The van der Waals surface area contributed by atoms with Crippen molar-refractivity contribution in [2.75, 3.05) is 18.5 Å². The summed E-state index contributed by atoms with van der Waals surface area (Å²) in [4.78, 5) is 16.2.